The van der Waals surface area contributed by atoms with Crippen LogP contribution in [0.2, 0.25) is 0 Å². The molecule has 1 aromatic heterocycles. The number of H-pyrrole nitrogens is 1. The molecule has 0 aliphatic rings. The molecule has 0 aliphatic heterocycles. The van der Waals surface area contributed by atoms with Crippen molar-refractivity contribution in [1.82, 2.24) is 15.1 Å². The second kappa shape index (κ2) is 6.06. The van der Waals surface area contributed by atoms with E-state index >= 15 is 0 Å². The molecule has 1 heterocycles. The van der Waals surface area contributed by atoms with Crippen LogP contribution < -0.4 is 0 Å². The van der Waals surface area contributed by atoms with E-state index in [2.05, 4.69) is 10.2 Å². The number of halogens is 3. The first-order chi connectivity index (χ1) is 10.6. The van der Waals surface area contributed by atoms with E-state index < -0.39 is 23.7 Å². The van der Waals surface area contributed by atoms with E-state index in [4.69, 9.17) is 0 Å². The summed E-state index contributed by atoms with van der Waals surface area (Å²) in [5.74, 6) is -0.676. The highest BCUT2D eigenvalue weighted by Crippen LogP contribution is 2.33. The van der Waals surface area contributed by atoms with Crippen molar-refractivity contribution in [1.29, 1.82) is 0 Å². The van der Waals surface area contributed by atoms with Gasteiger partial charge in [-0.3, -0.25) is 9.89 Å². The minimum atomic E-state index is -4.57. The van der Waals surface area contributed by atoms with Gasteiger partial charge in [-0.1, -0.05) is 12.1 Å². The Bertz CT molecular complexity index is 702. The lowest BCUT2D eigenvalue weighted by atomic mass is 10.0. The first-order valence-corrected chi connectivity index (χ1v) is 7.09. The molecule has 23 heavy (non-hydrogen) atoms. The van der Waals surface area contributed by atoms with Crippen molar-refractivity contribution >= 4 is 5.91 Å². The molecule has 0 fully saturated rings. The summed E-state index contributed by atoms with van der Waals surface area (Å²) in [6, 6.07) is 4.41. The number of aromatic amines is 1. The molecule has 4 nitrogen and oxygen atoms in total. The zero-order valence-electron chi connectivity index (χ0n) is 13.3. The summed E-state index contributed by atoms with van der Waals surface area (Å²) in [6.07, 6.45) is -4.57. The molecule has 0 saturated carbocycles. The number of aromatic nitrogens is 2. The van der Waals surface area contributed by atoms with Crippen LogP contribution in [0.3, 0.4) is 0 Å². The van der Waals surface area contributed by atoms with Gasteiger partial charge in [-0.05, 0) is 32.9 Å². The Morgan fingerprint density at radius 2 is 1.87 bits per heavy atom. The maximum atomic E-state index is 13.1. The maximum Gasteiger partial charge on any atom is 0.417 e. The predicted octanol–water partition coefficient (Wildman–Crippen LogP) is 3.88. The van der Waals surface area contributed by atoms with Crippen LogP contribution in [0.5, 0.6) is 0 Å². The summed E-state index contributed by atoms with van der Waals surface area (Å²) in [5.41, 5.74) is 1.04. The number of aryl methyl sites for hydroxylation is 2. The molecule has 0 saturated heterocycles. The number of hydrogen-bond donors (Lipinski definition) is 1. The molecule has 0 bridgehead atoms. The van der Waals surface area contributed by atoms with E-state index in [0.717, 1.165) is 23.0 Å². The number of hydrogen-bond acceptors (Lipinski definition) is 2. The van der Waals surface area contributed by atoms with Gasteiger partial charge >= 0.3 is 6.18 Å². The smallest absolute Gasteiger partial charge is 0.335 e. The third kappa shape index (κ3) is 3.23. The lowest BCUT2D eigenvalue weighted by molar-refractivity contribution is -0.138. The van der Waals surface area contributed by atoms with Gasteiger partial charge < -0.3 is 4.90 Å². The minimum Gasteiger partial charge on any atom is -0.335 e. The average molecular weight is 325 g/mol. The Morgan fingerprint density at radius 1 is 1.26 bits per heavy atom. The summed E-state index contributed by atoms with van der Waals surface area (Å²) in [6.45, 7) is 5.37. The highest BCUT2D eigenvalue weighted by Gasteiger charge is 2.36. The van der Waals surface area contributed by atoms with Crippen molar-refractivity contribution in [3.63, 3.8) is 0 Å². The van der Waals surface area contributed by atoms with E-state index in [0.29, 0.717) is 0 Å². The minimum absolute atomic E-state index is 0.354. The fourth-order valence-corrected chi connectivity index (χ4v) is 2.65. The number of nitrogens with one attached hydrogen (secondary N) is 1. The lowest BCUT2D eigenvalue weighted by Crippen LogP contribution is -2.31. The number of carbonyl (C=O) groups excluding carboxylic acids is 1. The molecule has 7 heteroatoms. The van der Waals surface area contributed by atoms with Crippen molar-refractivity contribution < 1.29 is 18.0 Å². The number of rotatable bonds is 3. The summed E-state index contributed by atoms with van der Waals surface area (Å²) >= 11 is 0. The highest BCUT2D eigenvalue weighted by molar-refractivity contribution is 5.96. The first-order valence-electron chi connectivity index (χ1n) is 7.09. The molecule has 0 unspecified atom stereocenters. The van der Waals surface area contributed by atoms with Gasteiger partial charge in [-0.25, -0.2) is 0 Å². The van der Waals surface area contributed by atoms with Gasteiger partial charge in [0.15, 0.2) is 0 Å². The van der Waals surface area contributed by atoms with Crippen LogP contribution in [0.25, 0.3) is 0 Å². The van der Waals surface area contributed by atoms with Crippen LogP contribution in [0.4, 0.5) is 13.2 Å². The van der Waals surface area contributed by atoms with Gasteiger partial charge in [-0.2, -0.15) is 18.3 Å². The van der Waals surface area contributed by atoms with E-state index in [-0.39, 0.29) is 5.56 Å². The van der Waals surface area contributed by atoms with Crippen molar-refractivity contribution in [3.8, 4) is 0 Å². The lowest BCUT2D eigenvalue weighted by Gasteiger charge is -2.26. The Labute approximate surface area is 132 Å². The first kappa shape index (κ1) is 17.1. The highest BCUT2D eigenvalue weighted by atomic mass is 19.4. The van der Waals surface area contributed by atoms with Crippen LogP contribution in [-0.4, -0.2) is 28.1 Å². The molecule has 0 spiro atoms. The predicted molar refractivity (Wildman–Crippen MR) is 80.0 cm³/mol. The van der Waals surface area contributed by atoms with Crippen LogP contribution >= 0.6 is 0 Å². The molecule has 2 rings (SSSR count). The van der Waals surface area contributed by atoms with Gasteiger partial charge in [0.05, 0.1) is 22.9 Å². The van der Waals surface area contributed by atoms with Gasteiger partial charge in [0.1, 0.15) is 0 Å². The number of amides is 1. The van der Waals surface area contributed by atoms with E-state index in [1.54, 1.807) is 13.8 Å². The van der Waals surface area contributed by atoms with Gasteiger partial charge in [-0.15, -0.1) is 0 Å². The molecule has 124 valence electrons. The number of alkyl halides is 3. The Balaban J connectivity index is 2.38. The zero-order chi connectivity index (χ0) is 17.4. The number of nitrogens with zero attached hydrogens (tertiary/aromatic N) is 2. The van der Waals surface area contributed by atoms with Crippen molar-refractivity contribution in [2.75, 3.05) is 7.05 Å². The van der Waals surface area contributed by atoms with Crippen LogP contribution in [-0.2, 0) is 6.18 Å². The molecule has 1 amide bonds. The van der Waals surface area contributed by atoms with Crippen LogP contribution in [0, 0.1) is 13.8 Å². The summed E-state index contributed by atoms with van der Waals surface area (Å²) < 4.78 is 39.3. The Kier molecular flexibility index (Phi) is 4.49. The quantitative estimate of drug-likeness (QED) is 0.931. The molecule has 1 N–H and O–H groups in total. The number of carbonyl (C=O) groups is 1. The standard InChI is InChI=1S/C16H18F3N3O/c1-9-14(10(2)21-20-9)11(3)22(4)15(23)12-7-5-6-8-13(12)16(17,18)19/h5-8,11H,1-4H3,(H,20,21)/t11-/m0/s1. The van der Waals surface area contributed by atoms with Gasteiger partial charge in [0.25, 0.3) is 5.91 Å². The molecule has 1 aromatic carbocycles. The van der Waals surface area contributed by atoms with Gasteiger partial charge in [0, 0.05) is 18.3 Å². The van der Waals surface area contributed by atoms with Crippen LogP contribution in [0.1, 0.15) is 45.8 Å². The third-order valence-electron chi connectivity index (χ3n) is 3.97. The van der Waals surface area contributed by atoms with Crippen LogP contribution in [0.15, 0.2) is 24.3 Å². The Morgan fingerprint density at radius 3 is 2.39 bits per heavy atom. The molecule has 2 aromatic rings. The monoisotopic (exact) mass is 325 g/mol. The van der Waals surface area contributed by atoms with E-state index in [1.807, 2.05) is 6.92 Å². The van der Waals surface area contributed by atoms with E-state index in [9.17, 15) is 18.0 Å². The van der Waals surface area contributed by atoms with Crippen molar-refractivity contribution in [2.24, 2.45) is 0 Å². The third-order valence-corrected chi connectivity index (χ3v) is 3.97. The normalized spacial score (nSPS) is 13.0. The Hall–Kier alpha value is -2.31. The molecule has 1 atom stereocenters. The second-order valence-corrected chi connectivity index (χ2v) is 5.48. The number of benzene rings is 1. The van der Waals surface area contributed by atoms with Crippen molar-refractivity contribution in [3.05, 3.63) is 52.3 Å². The SMILES string of the molecule is Cc1n[nH]c(C)c1[C@H](C)N(C)C(=O)c1ccccc1C(F)(F)F. The fourth-order valence-electron chi connectivity index (χ4n) is 2.65. The molecular weight excluding hydrogens is 307 g/mol. The van der Waals surface area contributed by atoms with Crippen molar-refractivity contribution in [2.45, 2.75) is 33.0 Å². The summed E-state index contributed by atoms with van der Waals surface area (Å²) in [7, 11) is 1.49. The average Bonchev–Trinajstić information content (AvgIpc) is 2.83. The molecule has 0 aliphatic carbocycles. The molecular formula is C16H18F3N3O. The molecule has 0 radical (unpaired) electrons. The topological polar surface area (TPSA) is 49.0 Å². The summed E-state index contributed by atoms with van der Waals surface area (Å²) in [4.78, 5) is 13.9. The zero-order valence-corrected chi connectivity index (χ0v) is 13.3. The van der Waals surface area contributed by atoms with E-state index in [1.165, 1.54) is 30.1 Å². The summed E-state index contributed by atoms with van der Waals surface area (Å²) in [5, 5.41) is 6.88. The fraction of sp³-hybridized carbons (Fsp3) is 0.375. The van der Waals surface area contributed by atoms with Gasteiger partial charge in [0.2, 0.25) is 0 Å². The largest absolute Gasteiger partial charge is 0.417 e. The second-order valence-electron chi connectivity index (χ2n) is 5.48. The maximum absolute atomic E-state index is 13.1.